The van der Waals surface area contributed by atoms with Gasteiger partial charge in [-0.1, -0.05) is 0 Å². The average Bonchev–Trinajstić information content (AvgIpc) is 2.62. The molecule has 0 radical (unpaired) electrons. The highest BCUT2D eigenvalue weighted by Gasteiger charge is 2.08. The van der Waals surface area contributed by atoms with E-state index in [2.05, 4.69) is 15.2 Å². The fourth-order valence-electron chi connectivity index (χ4n) is 1.02. The second-order valence-electron chi connectivity index (χ2n) is 3.00. The maximum absolute atomic E-state index is 8.62. The van der Waals surface area contributed by atoms with Crippen molar-refractivity contribution in [2.75, 3.05) is 5.84 Å². The molecule has 0 bridgehead atoms. The van der Waals surface area contributed by atoms with Crippen LogP contribution in [0.5, 0.6) is 0 Å². The van der Waals surface area contributed by atoms with Crippen molar-refractivity contribution in [1.82, 2.24) is 19.9 Å². The highest BCUT2D eigenvalue weighted by molar-refractivity contribution is 7.99. The number of aromatic nitrogens is 4. The van der Waals surface area contributed by atoms with Gasteiger partial charge in [0.2, 0.25) is 5.16 Å². The van der Waals surface area contributed by atoms with Gasteiger partial charge in [0.05, 0.1) is 5.56 Å². The smallest absolute Gasteiger partial charge is 0.216 e. The minimum atomic E-state index is 0.523. The number of hydrogen-bond donors (Lipinski definition) is 1. The molecule has 0 saturated carbocycles. The molecule has 0 aliphatic rings. The van der Waals surface area contributed by atoms with Crippen LogP contribution in [0.3, 0.4) is 0 Å². The van der Waals surface area contributed by atoms with E-state index >= 15 is 0 Å². The van der Waals surface area contributed by atoms with E-state index < -0.39 is 0 Å². The van der Waals surface area contributed by atoms with Gasteiger partial charge in [0.25, 0.3) is 0 Å². The van der Waals surface area contributed by atoms with Gasteiger partial charge in [0.1, 0.15) is 16.9 Å². The van der Waals surface area contributed by atoms with E-state index in [1.54, 1.807) is 19.1 Å². The molecular weight excluding hydrogens is 224 g/mol. The molecule has 0 amide bonds. The molecule has 0 aliphatic heterocycles. The largest absolute Gasteiger partial charge is 0.336 e. The summed E-state index contributed by atoms with van der Waals surface area (Å²) in [4.78, 5) is 4.10. The fourth-order valence-corrected chi connectivity index (χ4v) is 1.76. The molecule has 0 unspecified atom stereocenters. The first kappa shape index (κ1) is 10.4. The van der Waals surface area contributed by atoms with Gasteiger partial charge >= 0.3 is 0 Å². The van der Waals surface area contributed by atoms with Crippen molar-refractivity contribution in [3.05, 3.63) is 29.7 Å². The summed E-state index contributed by atoms with van der Waals surface area (Å²) < 4.78 is 1.39. The van der Waals surface area contributed by atoms with Crippen LogP contribution in [0.25, 0.3) is 0 Å². The molecule has 0 atom stereocenters. The predicted octanol–water partition coefficient (Wildman–Crippen LogP) is 0.718. The molecule has 0 aromatic carbocycles. The van der Waals surface area contributed by atoms with Crippen LogP contribution in [0.15, 0.2) is 28.5 Å². The third kappa shape index (κ3) is 1.97. The minimum absolute atomic E-state index is 0.523. The molecule has 0 saturated heterocycles. The third-order valence-corrected chi connectivity index (χ3v) is 2.81. The van der Waals surface area contributed by atoms with Gasteiger partial charge in [-0.15, -0.1) is 10.2 Å². The Bertz CT molecular complexity index is 538. The Morgan fingerprint density at radius 3 is 2.75 bits per heavy atom. The number of nitrogen functional groups attached to an aromatic ring is 1. The van der Waals surface area contributed by atoms with Crippen molar-refractivity contribution >= 4 is 11.8 Å². The molecule has 2 N–H and O–H groups in total. The molecule has 80 valence electrons. The maximum Gasteiger partial charge on any atom is 0.216 e. The van der Waals surface area contributed by atoms with Crippen molar-refractivity contribution in [2.24, 2.45) is 0 Å². The summed E-state index contributed by atoms with van der Waals surface area (Å²) in [6.45, 7) is 1.77. The third-order valence-electron chi connectivity index (χ3n) is 1.90. The summed E-state index contributed by atoms with van der Waals surface area (Å²) in [5.41, 5.74) is 0.523. The zero-order valence-electron chi connectivity index (χ0n) is 8.45. The summed E-state index contributed by atoms with van der Waals surface area (Å²) in [5.74, 6) is 6.33. The number of aryl methyl sites for hydroxylation is 1. The van der Waals surface area contributed by atoms with Crippen LogP contribution < -0.4 is 5.84 Å². The standard InChI is InChI=1S/C9H8N6S/c1-6-13-14-9(15(6)11)16-8-3-2-7(4-10)5-12-8/h2-3,5H,11H2,1H3. The molecule has 6 nitrogen and oxygen atoms in total. The molecule has 0 spiro atoms. The monoisotopic (exact) mass is 232 g/mol. The fraction of sp³-hybridized carbons (Fsp3) is 0.111. The Balaban J connectivity index is 2.21. The van der Waals surface area contributed by atoms with E-state index in [9.17, 15) is 0 Å². The first-order valence-electron chi connectivity index (χ1n) is 4.42. The normalized spacial score (nSPS) is 10.0. The van der Waals surface area contributed by atoms with Gasteiger partial charge in [-0.3, -0.25) is 0 Å². The summed E-state index contributed by atoms with van der Waals surface area (Å²) in [7, 11) is 0. The van der Waals surface area contributed by atoms with Gasteiger partial charge in [-0.2, -0.15) is 5.26 Å². The zero-order valence-corrected chi connectivity index (χ0v) is 9.27. The van der Waals surface area contributed by atoms with E-state index in [4.69, 9.17) is 11.1 Å². The first-order chi connectivity index (χ1) is 7.70. The second-order valence-corrected chi connectivity index (χ2v) is 3.99. The van der Waals surface area contributed by atoms with Crippen molar-refractivity contribution in [3.8, 4) is 6.07 Å². The van der Waals surface area contributed by atoms with Crippen LogP contribution >= 0.6 is 11.8 Å². The predicted molar refractivity (Wildman–Crippen MR) is 58.0 cm³/mol. The molecule has 2 aromatic rings. The molecular formula is C9H8N6S. The molecule has 2 aromatic heterocycles. The zero-order chi connectivity index (χ0) is 11.5. The van der Waals surface area contributed by atoms with E-state index in [0.29, 0.717) is 16.5 Å². The number of hydrogen-bond acceptors (Lipinski definition) is 6. The van der Waals surface area contributed by atoms with Crippen LogP contribution in [0.2, 0.25) is 0 Å². The molecule has 0 aliphatic carbocycles. The Hall–Kier alpha value is -2.07. The Morgan fingerprint density at radius 1 is 1.44 bits per heavy atom. The Kier molecular flexibility index (Phi) is 2.74. The van der Waals surface area contributed by atoms with Crippen LogP contribution in [0.4, 0.5) is 0 Å². The lowest BCUT2D eigenvalue weighted by Gasteiger charge is -2.00. The lowest BCUT2D eigenvalue weighted by atomic mass is 10.3. The lowest BCUT2D eigenvalue weighted by Crippen LogP contribution is -2.11. The Labute approximate surface area is 96.1 Å². The molecule has 0 fully saturated rings. The lowest BCUT2D eigenvalue weighted by molar-refractivity contribution is 0.823. The van der Waals surface area contributed by atoms with Gasteiger partial charge in [0.15, 0.2) is 0 Å². The topological polar surface area (TPSA) is 93.4 Å². The number of pyridine rings is 1. The quantitative estimate of drug-likeness (QED) is 0.767. The van der Waals surface area contributed by atoms with Crippen molar-refractivity contribution < 1.29 is 0 Å². The maximum atomic E-state index is 8.62. The van der Waals surface area contributed by atoms with Crippen molar-refractivity contribution in [3.63, 3.8) is 0 Å². The van der Waals surface area contributed by atoms with E-state index in [0.717, 1.165) is 5.03 Å². The Morgan fingerprint density at radius 2 is 2.25 bits per heavy atom. The summed E-state index contributed by atoms with van der Waals surface area (Å²) >= 11 is 1.30. The highest BCUT2D eigenvalue weighted by Crippen LogP contribution is 2.23. The average molecular weight is 232 g/mol. The van der Waals surface area contributed by atoms with Gasteiger partial charge in [0, 0.05) is 6.20 Å². The summed E-state index contributed by atoms with van der Waals surface area (Å²) in [6, 6.07) is 5.44. The van der Waals surface area contributed by atoms with E-state index in [1.807, 2.05) is 6.07 Å². The molecule has 2 rings (SSSR count). The number of nitrogens with two attached hydrogens (primary N) is 1. The van der Waals surface area contributed by atoms with Crippen LogP contribution in [-0.2, 0) is 0 Å². The molecule has 7 heteroatoms. The summed E-state index contributed by atoms with van der Waals surface area (Å²) in [5, 5.41) is 17.6. The van der Waals surface area contributed by atoms with Crippen LogP contribution in [0.1, 0.15) is 11.4 Å². The number of rotatable bonds is 2. The number of nitriles is 1. The van der Waals surface area contributed by atoms with E-state index in [-0.39, 0.29) is 0 Å². The number of nitrogens with zero attached hydrogens (tertiary/aromatic N) is 5. The van der Waals surface area contributed by atoms with Crippen LogP contribution in [-0.4, -0.2) is 19.9 Å². The van der Waals surface area contributed by atoms with Crippen LogP contribution in [0, 0.1) is 18.3 Å². The van der Waals surface area contributed by atoms with Gasteiger partial charge in [-0.05, 0) is 30.8 Å². The second kappa shape index (κ2) is 4.20. The van der Waals surface area contributed by atoms with Gasteiger partial charge < -0.3 is 5.84 Å². The van der Waals surface area contributed by atoms with E-state index in [1.165, 1.54) is 22.6 Å². The van der Waals surface area contributed by atoms with Gasteiger partial charge in [-0.25, -0.2) is 9.66 Å². The minimum Gasteiger partial charge on any atom is -0.336 e. The molecule has 2 heterocycles. The van der Waals surface area contributed by atoms with Crippen molar-refractivity contribution in [1.29, 1.82) is 5.26 Å². The van der Waals surface area contributed by atoms with Crippen molar-refractivity contribution in [2.45, 2.75) is 17.1 Å². The summed E-state index contributed by atoms with van der Waals surface area (Å²) in [6.07, 6.45) is 1.51. The molecule has 16 heavy (non-hydrogen) atoms. The first-order valence-corrected chi connectivity index (χ1v) is 5.23. The highest BCUT2D eigenvalue weighted by atomic mass is 32.2. The SMILES string of the molecule is Cc1nnc(Sc2ccc(C#N)cn2)n1N.